The lowest BCUT2D eigenvalue weighted by Gasteiger charge is -2.11. The molecule has 5 heteroatoms. The lowest BCUT2D eigenvalue weighted by atomic mass is 9.96. The maximum atomic E-state index is 5.53. The molecule has 0 aliphatic rings. The van der Waals surface area contributed by atoms with Gasteiger partial charge in [-0.15, -0.1) is 15.0 Å². The number of aromatic nitrogens is 4. The van der Waals surface area contributed by atoms with Crippen LogP contribution in [-0.2, 0) is 23.5 Å². The maximum absolute atomic E-state index is 5.53. The summed E-state index contributed by atoms with van der Waals surface area (Å²) in [6.45, 7) is 7.03. The van der Waals surface area contributed by atoms with Crippen molar-refractivity contribution < 1.29 is 4.74 Å². The molecule has 96 valence electrons. The van der Waals surface area contributed by atoms with Gasteiger partial charge < -0.3 is 4.74 Å². The van der Waals surface area contributed by atoms with Crippen molar-refractivity contribution in [2.24, 2.45) is 0 Å². The van der Waals surface area contributed by atoms with Crippen molar-refractivity contribution >= 4 is 0 Å². The zero-order valence-electron chi connectivity index (χ0n) is 11.0. The summed E-state index contributed by atoms with van der Waals surface area (Å²) < 4.78 is 5.53. The van der Waals surface area contributed by atoms with E-state index >= 15 is 0 Å². The van der Waals surface area contributed by atoms with Crippen molar-refractivity contribution in [3.8, 4) is 0 Å². The van der Waals surface area contributed by atoms with Crippen molar-refractivity contribution in [2.45, 2.75) is 39.5 Å². The smallest absolute Gasteiger partial charge is 0.180 e. The first kappa shape index (κ1) is 12.7. The summed E-state index contributed by atoms with van der Waals surface area (Å²) in [5.74, 6) is 0.728. The summed E-state index contributed by atoms with van der Waals surface area (Å²) in [4.78, 5) is 1.48. The van der Waals surface area contributed by atoms with E-state index < -0.39 is 0 Å². The molecule has 0 aliphatic carbocycles. The number of rotatable bonds is 4. The highest BCUT2D eigenvalue weighted by atomic mass is 16.5. The minimum absolute atomic E-state index is 0.0856. The molecule has 0 spiro atoms. The van der Waals surface area contributed by atoms with Gasteiger partial charge in [0.05, 0.1) is 6.61 Å². The highest BCUT2D eigenvalue weighted by Crippen LogP contribution is 2.16. The Morgan fingerprint density at radius 3 is 2.50 bits per heavy atom. The highest BCUT2D eigenvalue weighted by Gasteiger charge is 2.19. The Morgan fingerprint density at radius 1 is 1.17 bits per heavy atom. The quantitative estimate of drug-likeness (QED) is 0.829. The van der Waals surface area contributed by atoms with E-state index in [1.807, 2.05) is 30.3 Å². The maximum Gasteiger partial charge on any atom is 0.180 e. The number of tetrazole rings is 1. The van der Waals surface area contributed by atoms with Gasteiger partial charge in [0.1, 0.15) is 0 Å². The number of hydrogen-bond donors (Lipinski definition) is 0. The summed E-state index contributed by atoms with van der Waals surface area (Å²) in [5.41, 5.74) is 1.05. The normalized spacial score (nSPS) is 11.7. The molecule has 0 radical (unpaired) electrons. The summed E-state index contributed by atoms with van der Waals surface area (Å²) in [5, 5.41) is 12.3. The molecule has 0 saturated heterocycles. The van der Waals surface area contributed by atoms with Crippen LogP contribution in [0.3, 0.4) is 0 Å². The van der Waals surface area contributed by atoms with Crippen molar-refractivity contribution in [3.63, 3.8) is 0 Å². The van der Waals surface area contributed by atoms with Crippen molar-refractivity contribution in [1.29, 1.82) is 0 Å². The van der Waals surface area contributed by atoms with Crippen LogP contribution in [0.5, 0.6) is 0 Å². The minimum Gasteiger partial charge on any atom is -0.353 e. The molecule has 1 aromatic carbocycles. The highest BCUT2D eigenvalue weighted by molar-refractivity contribution is 5.13. The first-order valence-electron chi connectivity index (χ1n) is 5.96. The molecule has 18 heavy (non-hydrogen) atoms. The van der Waals surface area contributed by atoms with Crippen LogP contribution >= 0.6 is 0 Å². The predicted molar refractivity (Wildman–Crippen MR) is 67.7 cm³/mol. The van der Waals surface area contributed by atoms with Gasteiger partial charge in [-0.1, -0.05) is 51.1 Å². The lowest BCUT2D eigenvalue weighted by molar-refractivity contribution is 0.0456. The molecule has 0 unspecified atom stereocenters. The minimum atomic E-state index is -0.0856. The van der Waals surface area contributed by atoms with Gasteiger partial charge in [-0.3, -0.25) is 0 Å². The van der Waals surface area contributed by atoms with Crippen molar-refractivity contribution in [1.82, 2.24) is 20.2 Å². The lowest BCUT2D eigenvalue weighted by Crippen LogP contribution is -2.14. The molecule has 0 saturated carbocycles. The van der Waals surface area contributed by atoms with Crippen LogP contribution in [0.25, 0.3) is 0 Å². The second-order valence-electron chi connectivity index (χ2n) is 5.20. The van der Waals surface area contributed by atoms with Gasteiger partial charge >= 0.3 is 0 Å². The van der Waals surface area contributed by atoms with Crippen LogP contribution in [0.4, 0.5) is 0 Å². The fourth-order valence-corrected chi connectivity index (χ4v) is 1.42. The molecule has 2 rings (SSSR count). The van der Waals surface area contributed by atoms with Crippen molar-refractivity contribution in [2.75, 3.05) is 0 Å². The Balaban J connectivity index is 1.86. The fourth-order valence-electron chi connectivity index (χ4n) is 1.42. The van der Waals surface area contributed by atoms with Crippen LogP contribution in [0.15, 0.2) is 30.3 Å². The van der Waals surface area contributed by atoms with E-state index in [0.717, 1.165) is 11.4 Å². The molecule has 1 aromatic heterocycles. The molecule has 0 atom stereocenters. The third kappa shape index (κ3) is 3.37. The van der Waals surface area contributed by atoms with Gasteiger partial charge in [0.2, 0.25) is 0 Å². The summed E-state index contributed by atoms with van der Waals surface area (Å²) >= 11 is 0. The molecule has 2 aromatic rings. The average molecular weight is 246 g/mol. The molecule has 0 aliphatic heterocycles. The first-order valence-corrected chi connectivity index (χ1v) is 5.96. The molecule has 0 bridgehead atoms. The molecule has 0 amide bonds. The zero-order valence-corrected chi connectivity index (χ0v) is 11.0. The molecule has 0 N–H and O–H groups in total. The Bertz CT molecular complexity index is 487. The third-order valence-electron chi connectivity index (χ3n) is 2.44. The topological polar surface area (TPSA) is 52.8 Å². The average Bonchev–Trinajstić information content (AvgIpc) is 2.79. The molecule has 5 nitrogen and oxygen atoms in total. The second-order valence-corrected chi connectivity index (χ2v) is 5.20. The standard InChI is InChI=1S/C13H18N4O/c1-13(2,3)12-14-16-17(15-12)10-18-9-11-7-5-4-6-8-11/h4-8H,9-10H2,1-3H3. The van der Waals surface area contributed by atoms with Crippen LogP contribution in [0, 0.1) is 0 Å². The first-order chi connectivity index (χ1) is 8.55. The van der Waals surface area contributed by atoms with Gasteiger partial charge in [0, 0.05) is 5.41 Å². The Hall–Kier alpha value is -1.75. The zero-order chi connectivity index (χ0) is 13.0. The van der Waals surface area contributed by atoms with Crippen LogP contribution in [0.2, 0.25) is 0 Å². The fraction of sp³-hybridized carbons (Fsp3) is 0.462. The molecule has 1 heterocycles. The van der Waals surface area contributed by atoms with Gasteiger partial charge in [0.15, 0.2) is 12.6 Å². The second kappa shape index (κ2) is 5.27. The van der Waals surface area contributed by atoms with Gasteiger partial charge in [-0.2, -0.15) is 0 Å². The summed E-state index contributed by atoms with van der Waals surface area (Å²) in [6, 6.07) is 10.0. The van der Waals surface area contributed by atoms with E-state index in [1.54, 1.807) is 0 Å². The number of benzene rings is 1. The number of nitrogens with zero attached hydrogens (tertiary/aromatic N) is 4. The number of ether oxygens (including phenoxy) is 1. The largest absolute Gasteiger partial charge is 0.353 e. The summed E-state index contributed by atoms with van der Waals surface area (Å²) in [6.07, 6.45) is 0. The molecular weight excluding hydrogens is 228 g/mol. The van der Waals surface area contributed by atoms with Crippen LogP contribution < -0.4 is 0 Å². The van der Waals surface area contributed by atoms with Gasteiger partial charge in [-0.25, -0.2) is 0 Å². The number of hydrogen-bond acceptors (Lipinski definition) is 4. The Kier molecular flexibility index (Phi) is 3.72. The Labute approximate surface area is 107 Å². The van der Waals surface area contributed by atoms with E-state index in [-0.39, 0.29) is 5.41 Å². The Morgan fingerprint density at radius 2 is 1.89 bits per heavy atom. The third-order valence-corrected chi connectivity index (χ3v) is 2.44. The SMILES string of the molecule is CC(C)(C)c1nnn(COCc2ccccc2)n1. The van der Waals surface area contributed by atoms with Gasteiger partial charge in [0.25, 0.3) is 0 Å². The van der Waals surface area contributed by atoms with Crippen LogP contribution in [0.1, 0.15) is 32.2 Å². The van der Waals surface area contributed by atoms with E-state index in [4.69, 9.17) is 4.74 Å². The van der Waals surface area contributed by atoms with Crippen molar-refractivity contribution in [3.05, 3.63) is 41.7 Å². The summed E-state index contributed by atoms with van der Waals surface area (Å²) in [7, 11) is 0. The predicted octanol–water partition coefficient (Wildman–Crippen LogP) is 2.14. The molecular formula is C13H18N4O. The van der Waals surface area contributed by atoms with E-state index in [2.05, 4.69) is 36.2 Å². The monoisotopic (exact) mass is 246 g/mol. The molecule has 0 fully saturated rings. The van der Waals surface area contributed by atoms with E-state index in [0.29, 0.717) is 13.3 Å². The van der Waals surface area contributed by atoms with Crippen LogP contribution in [-0.4, -0.2) is 20.2 Å². The van der Waals surface area contributed by atoms with Gasteiger partial charge in [-0.05, 0) is 10.8 Å². The van der Waals surface area contributed by atoms with E-state index in [9.17, 15) is 0 Å². The van der Waals surface area contributed by atoms with E-state index in [1.165, 1.54) is 4.80 Å².